The molecule has 0 unspecified atom stereocenters. The molecule has 1 aromatic carbocycles. The van der Waals surface area contributed by atoms with Crippen molar-refractivity contribution in [3.63, 3.8) is 0 Å². The molecule has 2 aromatic rings. The van der Waals surface area contributed by atoms with Gasteiger partial charge in [-0.3, -0.25) is 9.69 Å². The van der Waals surface area contributed by atoms with E-state index in [0.717, 1.165) is 66.6 Å². The molecule has 1 saturated heterocycles. The Balaban J connectivity index is 2.08. The van der Waals surface area contributed by atoms with Crippen LogP contribution in [0.2, 0.25) is 0 Å². The summed E-state index contributed by atoms with van der Waals surface area (Å²) in [6.45, 7) is 8.68. The minimum Gasteiger partial charge on any atom is -0.496 e. The van der Waals surface area contributed by atoms with Gasteiger partial charge in [0.2, 0.25) is 0 Å². The summed E-state index contributed by atoms with van der Waals surface area (Å²) in [6, 6.07) is 6.03. The lowest BCUT2D eigenvalue weighted by molar-refractivity contribution is 0.230. The Labute approximate surface area is 160 Å². The van der Waals surface area contributed by atoms with E-state index >= 15 is 0 Å². The lowest BCUT2D eigenvalue weighted by Crippen LogP contribution is -2.42. The molecular formula is C21H29N3O3. The van der Waals surface area contributed by atoms with Crippen LogP contribution in [-0.4, -0.2) is 49.9 Å². The molecule has 27 heavy (non-hydrogen) atoms. The molecule has 1 fully saturated rings. The maximum Gasteiger partial charge on any atom is 0.253 e. The highest BCUT2D eigenvalue weighted by molar-refractivity contribution is 5.75. The molecule has 0 bridgehead atoms. The molecular weight excluding hydrogens is 342 g/mol. The van der Waals surface area contributed by atoms with Gasteiger partial charge in [0.25, 0.3) is 5.56 Å². The highest BCUT2D eigenvalue weighted by Gasteiger charge is 2.19. The Kier molecular flexibility index (Phi) is 5.87. The van der Waals surface area contributed by atoms with Gasteiger partial charge in [0.05, 0.1) is 14.2 Å². The number of hydrogen-bond acceptors (Lipinski definition) is 5. The molecule has 0 saturated carbocycles. The van der Waals surface area contributed by atoms with Crippen LogP contribution in [0.4, 0.5) is 0 Å². The van der Waals surface area contributed by atoms with Crippen LogP contribution < -0.4 is 20.3 Å². The van der Waals surface area contributed by atoms with E-state index in [1.54, 1.807) is 25.8 Å². The number of pyridine rings is 1. The summed E-state index contributed by atoms with van der Waals surface area (Å²) in [7, 11) is 5.19. The van der Waals surface area contributed by atoms with Crippen molar-refractivity contribution < 1.29 is 9.47 Å². The quantitative estimate of drug-likeness (QED) is 0.872. The second-order valence-electron chi connectivity index (χ2n) is 7.08. The molecule has 1 aromatic heterocycles. The maximum atomic E-state index is 12.2. The van der Waals surface area contributed by atoms with E-state index in [1.165, 1.54) is 0 Å². The van der Waals surface area contributed by atoms with Crippen molar-refractivity contribution in [2.24, 2.45) is 7.05 Å². The molecule has 0 spiro atoms. The minimum absolute atomic E-state index is 0.0255. The summed E-state index contributed by atoms with van der Waals surface area (Å²) in [5.41, 5.74) is 4.68. The molecule has 0 aliphatic carbocycles. The highest BCUT2D eigenvalue weighted by Crippen LogP contribution is 2.38. The average molecular weight is 371 g/mol. The zero-order valence-corrected chi connectivity index (χ0v) is 16.9. The van der Waals surface area contributed by atoms with E-state index in [2.05, 4.69) is 16.3 Å². The summed E-state index contributed by atoms with van der Waals surface area (Å²) in [4.78, 5) is 14.6. The zero-order valence-electron chi connectivity index (χ0n) is 16.9. The van der Waals surface area contributed by atoms with Gasteiger partial charge in [-0.15, -0.1) is 0 Å². The van der Waals surface area contributed by atoms with E-state index in [4.69, 9.17) is 9.47 Å². The van der Waals surface area contributed by atoms with Gasteiger partial charge < -0.3 is 19.4 Å². The number of benzene rings is 1. The molecule has 2 heterocycles. The molecule has 3 rings (SSSR count). The number of nitrogens with zero attached hydrogens (tertiary/aromatic N) is 2. The average Bonchev–Trinajstić information content (AvgIpc) is 2.69. The Hall–Kier alpha value is -2.31. The smallest absolute Gasteiger partial charge is 0.253 e. The Morgan fingerprint density at radius 3 is 2.30 bits per heavy atom. The molecule has 0 amide bonds. The number of ether oxygens (including phenoxy) is 2. The fourth-order valence-corrected chi connectivity index (χ4v) is 3.66. The molecule has 6 nitrogen and oxygen atoms in total. The van der Waals surface area contributed by atoms with Crippen molar-refractivity contribution in [1.29, 1.82) is 0 Å². The Morgan fingerprint density at radius 1 is 1.00 bits per heavy atom. The topological polar surface area (TPSA) is 55.7 Å². The molecule has 0 atom stereocenters. The molecule has 1 aliphatic heterocycles. The zero-order chi connectivity index (χ0) is 19.6. The van der Waals surface area contributed by atoms with Crippen LogP contribution in [0, 0.1) is 13.8 Å². The standard InChI is InChI=1S/C21H29N3O3/c1-14-10-17(15(2)23(3)21(14)25)18-12-19(26-4)16(11-20(18)27-5)13-24-8-6-22-7-9-24/h10-12,22H,6-9,13H2,1-5H3. The summed E-state index contributed by atoms with van der Waals surface area (Å²) < 4.78 is 13.1. The van der Waals surface area contributed by atoms with Crippen molar-refractivity contribution in [1.82, 2.24) is 14.8 Å². The van der Waals surface area contributed by atoms with E-state index in [9.17, 15) is 4.79 Å². The number of rotatable bonds is 5. The Morgan fingerprint density at radius 2 is 1.67 bits per heavy atom. The molecule has 146 valence electrons. The van der Waals surface area contributed by atoms with E-state index in [1.807, 2.05) is 26.0 Å². The third kappa shape index (κ3) is 3.87. The van der Waals surface area contributed by atoms with Crippen LogP contribution in [-0.2, 0) is 13.6 Å². The van der Waals surface area contributed by atoms with Crippen LogP contribution >= 0.6 is 0 Å². The Bertz CT molecular complexity index is 883. The summed E-state index contributed by atoms with van der Waals surface area (Å²) >= 11 is 0. The van der Waals surface area contributed by atoms with E-state index < -0.39 is 0 Å². The van der Waals surface area contributed by atoms with Crippen molar-refractivity contribution in [2.45, 2.75) is 20.4 Å². The van der Waals surface area contributed by atoms with Crippen molar-refractivity contribution in [3.8, 4) is 22.6 Å². The first-order chi connectivity index (χ1) is 13.0. The predicted octanol–water partition coefficient (Wildman–Crippen LogP) is 2.09. The largest absolute Gasteiger partial charge is 0.496 e. The number of aryl methyl sites for hydroxylation is 1. The fourth-order valence-electron chi connectivity index (χ4n) is 3.66. The number of hydrogen-bond donors (Lipinski definition) is 1. The molecule has 1 N–H and O–H groups in total. The SMILES string of the molecule is COc1cc(-c2cc(C)c(=O)n(C)c2C)c(OC)cc1CN1CCNCC1. The van der Waals surface area contributed by atoms with Crippen molar-refractivity contribution in [3.05, 3.63) is 45.4 Å². The first-order valence-electron chi connectivity index (χ1n) is 9.31. The number of nitrogens with one attached hydrogen (secondary N) is 1. The fraction of sp³-hybridized carbons (Fsp3) is 0.476. The van der Waals surface area contributed by atoms with Gasteiger partial charge in [-0.1, -0.05) is 0 Å². The van der Waals surface area contributed by atoms with Gasteiger partial charge >= 0.3 is 0 Å². The summed E-state index contributed by atoms with van der Waals surface area (Å²) in [6.07, 6.45) is 0. The number of piperazine rings is 1. The van der Waals surface area contributed by atoms with Gasteiger partial charge in [-0.05, 0) is 32.0 Å². The first kappa shape index (κ1) is 19.5. The molecule has 0 radical (unpaired) electrons. The number of aromatic nitrogens is 1. The molecule has 1 aliphatic rings. The van der Waals surface area contributed by atoms with Gasteiger partial charge in [-0.25, -0.2) is 0 Å². The predicted molar refractivity (Wildman–Crippen MR) is 108 cm³/mol. The van der Waals surface area contributed by atoms with Crippen molar-refractivity contribution >= 4 is 0 Å². The maximum absolute atomic E-state index is 12.2. The van der Waals surface area contributed by atoms with Crippen LogP contribution in [0.3, 0.4) is 0 Å². The van der Waals surface area contributed by atoms with E-state index in [0.29, 0.717) is 5.56 Å². The third-order valence-corrected chi connectivity index (χ3v) is 5.39. The van der Waals surface area contributed by atoms with Crippen LogP contribution in [0.15, 0.2) is 23.0 Å². The molecule has 6 heteroatoms. The van der Waals surface area contributed by atoms with Gasteiger partial charge in [-0.2, -0.15) is 0 Å². The summed E-state index contributed by atoms with van der Waals surface area (Å²) in [5, 5.41) is 3.38. The van der Waals surface area contributed by atoms with Crippen LogP contribution in [0.5, 0.6) is 11.5 Å². The lowest BCUT2D eigenvalue weighted by atomic mass is 9.98. The normalized spacial score (nSPS) is 15.0. The summed E-state index contributed by atoms with van der Waals surface area (Å²) in [5.74, 6) is 1.64. The number of methoxy groups -OCH3 is 2. The van der Waals surface area contributed by atoms with Crippen LogP contribution in [0.25, 0.3) is 11.1 Å². The van der Waals surface area contributed by atoms with Crippen LogP contribution in [0.1, 0.15) is 16.8 Å². The second kappa shape index (κ2) is 8.15. The van der Waals surface area contributed by atoms with E-state index in [-0.39, 0.29) is 5.56 Å². The second-order valence-corrected chi connectivity index (χ2v) is 7.08. The van der Waals surface area contributed by atoms with Gasteiger partial charge in [0.15, 0.2) is 0 Å². The minimum atomic E-state index is 0.0255. The van der Waals surface area contributed by atoms with Gasteiger partial charge in [0, 0.05) is 67.7 Å². The highest BCUT2D eigenvalue weighted by atomic mass is 16.5. The monoisotopic (exact) mass is 371 g/mol. The van der Waals surface area contributed by atoms with Gasteiger partial charge in [0.1, 0.15) is 11.5 Å². The first-order valence-corrected chi connectivity index (χ1v) is 9.31. The lowest BCUT2D eigenvalue weighted by Gasteiger charge is -2.28. The third-order valence-electron chi connectivity index (χ3n) is 5.39. The van der Waals surface area contributed by atoms with Crippen molar-refractivity contribution in [2.75, 3.05) is 40.4 Å².